The highest BCUT2D eigenvalue weighted by Gasteiger charge is 2.25. The van der Waals surface area contributed by atoms with Gasteiger partial charge in [0.15, 0.2) is 5.96 Å². The van der Waals surface area contributed by atoms with Gasteiger partial charge in [-0.1, -0.05) is 36.4 Å². The van der Waals surface area contributed by atoms with Crippen LogP contribution in [0.4, 0.5) is 0 Å². The molecule has 0 saturated carbocycles. The Balaban J connectivity index is 2.21. The number of nitrogens with two attached hydrogens (primary N) is 1. The van der Waals surface area contributed by atoms with Crippen molar-refractivity contribution in [3.63, 3.8) is 0 Å². The van der Waals surface area contributed by atoms with Crippen LogP contribution in [0.3, 0.4) is 0 Å². The van der Waals surface area contributed by atoms with E-state index < -0.39 is 0 Å². The van der Waals surface area contributed by atoms with Crippen LogP contribution in [0.2, 0.25) is 0 Å². The fourth-order valence-electron chi connectivity index (χ4n) is 1.85. The largest absolute Gasteiger partial charge is 0.370 e. The second-order valence-electron chi connectivity index (χ2n) is 3.57. The topological polar surface area (TPSA) is 41.6 Å². The minimum atomic E-state index is 0.268. The number of benzene rings is 1. The second-order valence-corrected chi connectivity index (χ2v) is 3.57. The number of hydrogen-bond acceptors (Lipinski definition) is 3. The molecular weight excluding hydrogens is 186 g/mol. The summed E-state index contributed by atoms with van der Waals surface area (Å²) in [7, 11) is 0. The highest BCUT2D eigenvalue weighted by atomic mass is 15.3. The molecule has 78 valence electrons. The predicted molar refractivity (Wildman–Crippen MR) is 62.6 cm³/mol. The molecule has 2 rings (SSSR count). The van der Waals surface area contributed by atoms with Gasteiger partial charge in [-0.25, -0.2) is 0 Å². The van der Waals surface area contributed by atoms with Crippen LogP contribution in [0.25, 0.3) is 0 Å². The Hall–Kier alpha value is -1.77. The number of nitrogens with zero attached hydrogens (tertiary/aromatic N) is 2. The van der Waals surface area contributed by atoms with E-state index in [-0.39, 0.29) is 6.04 Å². The number of aliphatic imine (C=N–C) groups is 1. The minimum Gasteiger partial charge on any atom is -0.370 e. The molecule has 1 heterocycles. The Bertz CT molecular complexity index is 370. The summed E-state index contributed by atoms with van der Waals surface area (Å²) >= 11 is 0. The van der Waals surface area contributed by atoms with Gasteiger partial charge < -0.3 is 10.6 Å². The highest BCUT2D eigenvalue weighted by Crippen LogP contribution is 2.24. The monoisotopic (exact) mass is 201 g/mol. The summed E-state index contributed by atoms with van der Waals surface area (Å²) in [6.07, 6.45) is 1.85. The minimum absolute atomic E-state index is 0.268. The lowest BCUT2D eigenvalue weighted by molar-refractivity contribution is 0.380. The first-order valence-corrected chi connectivity index (χ1v) is 5.05. The van der Waals surface area contributed by atoms with Crippen molar-refractivity contribution in [1.29, 1.82) is 0 Å². The molecule has 0 saturated heterocycles. The zero-order chi connectivity index (χ0) is 10.7. The lowest BCUT2D eigenvalue weighted by atomic mass is 10.1. The molecule has 0 aromatic heterocycles. The van der Waals surface area contributed by atoms with Gasteiger partial charge in [-0.15, -0.1) is 6.58 Å². The first-order chi connectivity index (χ1) is 7.33. The molecule has 1 aromatic rings. The van der Waals surface area contributed by atoms with Gasteiger partial charge in [0.25, 0.3) is 0 Å². The molecule has 0 bridgehead atoms. The van der Waals surface area contributed by atoms with Crippen molar-refractivity contribution in [1.82, 2.24) is 4.90 Å². The summed E-state index contributed by atoms with van der Waals surface area (Å²) in [5.41, 5.74) is 7.07. The molecule has 3 heteroatoms. The van der Waals surface area contributed by atoms with Crippen LogP contribution in [0, 0.1) is 0 Å². The first kappa shape index (κ1) is 9.77. The van der Waals surface area contributed by atoms with Crippen LogP contribution in [0.1, 0.15) is 11.6 Å². The van der Waals surface area contributed by atoms with Crippen molar-refractivity contribution < 1.29 is 0 Å². The fourth-order valence-corrected chi connectivity index (χ4v) is 1.85. The van der Waals surface area contributed by atoms with Gasteiger partial charge in [0.1, 0.15) is 0 Å². The van der Waals surface area contributed by atoms with E-state index in [9.17, 15) is 0 Å². The molecule has 1 aromatic carbocycles. The Kier molecular flexibility index (Phi) is 2.72. The normalized spacial score (nSPS) is 20.1. The lowest BCUT2D eigenvalue weighted by Crippen LogP contribution is -2.36. The summed E-state index contributed by atoms with van der Waals surface area (Å²) in [4.78, 5) is 6.34. The van der Waals surface area contributed by atoms with Crippen LogP contribution in [-0.2, 0) is 0 Å². The van der Waals surface area contributed by atoms with Crippen molar-refractivity contribution in [3.8, 4) is 0 Å². The SMILES string of the molecule is C=CCN1C(N)=NCC1c1ccccc1. The van der Waals surface area contributed by atoms with Crippen molar-refractivity contribution >= 4 is 5.96 Å². The van der Waals surface area contributed by atoms with Gasteiger partial charge in [0.05, 0.1) is 12.6 Å². The average Bonchev–Trinajstić information content (AvgIpc) is 2.63. The van der Waals surface area contributed by atoms with Crippen LogP contribution in [0.5, 0.6) is 0 Å². The van der Waals surface area contributed by atoms with E-state index in [4.69, 9.17) is 5.73 Å². The van der Waals surface area contributed by atoms with Gasteiger partial charge in [-0.05, 0) is 5.56 Å². The smallest absolute Gasteiger partial charge is 0.192 e. The first-order valence-electron chi connectivity index (χ1n) is 5.05. The molecule has 0 radical (unpaired) electrons. The maximum atomic E-state index is 5.82. The van der Waals surface area contributed by atoms with Crippen LogP contribution in [-0.4, -0.2) is 23.9 Å². The third kappa shape index (κ3) is 1.86. The Morgan fingerprint density at radius 3 is 2.87 bits per heavy atom. The molecular formula is C12H15N3. The quantitative estimate of drug-likeness (QED) is 0.754. The zero-order valence-corrected chi connectivity index (χ0v) is 8.63. The van der Waals surface area contributed by atoms with Gasteiger partial charge in [-0.2, -0.15) is 0 Å². The lowest BCUT2D eigenvalue weighted by Gasteiger charge is -2.25. The summed E-state index contributed by atoms with van der Waals surface area (Å²) in [5, 5.41) is 0. The van der Waals surface area contributed by atoms with E-state index in [1.807, 2.05) is 24.3 Å². The molecule has 15 heavy (non-hydrogen) atoms. The number of hydrogen-bond donors (Lipinski definition) is 1. The van der Waals surface area contributed by atoms with Gasteiger partial charge in [0, 0.05) is 6.54 Å². The van der Waals surface area contributed by atoms with E-state index in [0.717, 1.165) is 13.1 Å². The van der Waals surface area contributed by atoms with Gasteiger partial charge in [-0.3, -0.25) is 4.99 Å². The summed E-state index contributed by atoms with van der Waals surface area (Å²) in [6, 6.07) is 10.6. The Morgan fingerprint density at radius 1 is 1.47 bits per heavy atom. The predicted octanol–water partition coefficient (Wildman–Crippen LogP) is 1.54. The maximum Gasteiger partial charge on any atom is 0.192 e. The van der Waals surface area contributed by atoms with Crippen molar-refractivity contribution in [2.24, 2.45) is 10.7 Å². The summed E-state index contributed by atoms with van der Waals surface area (Å²) in [5.74, 6) is 0.615. The van der Waals surface area contributed by atoms with E-state index in [2.05, 4.69) is 28.6 Å². The summed E-state index contributed by atoms with van der Waals surface area (Å²) in [6.45, 7) is 5.22. The molecule has 1 atom stereocenters. The summed E-state index contributed by atoms with van der Waals surface area (Å²) < 4.78 is 0. The third-order valence-corrected chi connectivity index (χ3v) is 2.61. The molecule has 0 spiro atoms. The van der Waals surface area contributed by atoms with E-state index in [1.54, 1.807) is 0 Å². The van der Waals surface area contributed by atoms with Crippen molar-refractivity contribution in [3.05, 3.63) is 48.6 Å². The Morgan fingerprint density at radius 2 is 2.20 bits per heavy atom. The molecule has 0 aliphatic carbocycles. The van der Waals surface area contributed by atoms with Crippen molar-refractivity contribution in [2.75, 3.05) is 13.1 Å². The number of guanidine groups is 1. The molecule has 2 N–H and O–H groups in total. The van der Waals surface area contributed by atoms with E-state index in [0.29, 0.717) is 5.96 Å². The van der Waals surface area contributed by atoms with E-state index in [1.165, 1.54) is 5.56 Å². The molecule has 1 aliphatic rings. The number of rotatable bonds is 3. The van der Waals surface area contributed by atoms with Crippen LogP contribution < -0.4 is 5.73 Å². The highest BCUT2D eigenvalue weighted by molar-refractivity contribution is 5.80. The second kappa shape index (κ2) is 4.17. The fraction of sp³-hybridized carbons (Fsp3) is 0.250. The molecule has 1 unspecified atom stereocenters. The molecule has 1 aliphatic heterocycles. The third-order valence-electron chi connectivity index (χ3n) is 2.61. The standard InChI is InChI=1S/C12H15N3/c1-2-8-15-11(9-14-12(15)13)10-6-4-3-5-7-10/h2-7,11H,1,8-9H2,(H2,13,14). The van der Waals surface area contributed by atoms with Crippen LogP contribution in [0.15, 0.2) is 48.0 Å². The van der Waals surface area contributed by atoms with E-state index >= 15 is 0 Å². The Labute approximate surface area is 89.9 Å². The molecule has 0 fully saturated rings. The average molecular weight is 201 g/mol. The van der Waals surface area contributed by atoms with Gasteiger partial charge >= 0.3 is 0 Å². The van der Waals surface area contributed by atoms with Crippen LogP contribution >= 0.6 is 0 Å². The molecule has 3 nitrogen and oxygen atoms in total. The zero-order valence-electron chi connectivity index (χ0n) is 8.63. The van der Waals surface area contributed by atoms with Gasteiger partial charge in [0.2, 0.25) is 0 Å². The maximum absolute atomic E-state index is 5.82. The molecule has 0 amide bonds. The van der Waals surface area contributed by atoms with Crippen molar-refractivity contribution in [2.45, 2.75) is 6.04 Å².